The van der Waals surface area contributed by atoms with Crippen LogP contribution in [0.5, 0.6) is 0 Å². The van der Waals surface area contributed by atoms with Crippen molar-refractivity contribution < 1.29 is 17.7 Å². The number of imidazole rings is 1. The SMILES string of the molecule is CCn1c([C@@H](C)N[S+]([O-])c2ccc(N)nc2)nc2ccc(C(F)(F)F)cc21. The summed E-state index contributed by atoms with van der Waals surface area (Å²) in [6, 6.07) is 6.11. The van der Waals surface area contributed by atoms with Crippen LogP contribution in [0.25, 0.3) is 11.0 Å². The summed E-state index contributed by atoms with van der Waals surface area (Å²) in [7, 11) is 0. The normalized spacial score (nSPS) is 14.4. The molecule has 0 saturated heterocycles. The largest absolute Gasteiger partial charge is 0.593 e. The highest BCUT2D eigenvalue weighted by Crippen LogP contribution is 2.32. The van der Waals surface area contributed by atoms with Crippen LogP contribution >= 0.6 is 0 Å². The zero-order valence-electron chi connectivity index (χ0n) is 14.6. The maximum absolute atomic E-state index is 13.0. The first-order valence-electron chi connectivity index (χ1n) is 8.17. The second-order valence-electron chi connectivity index (χ2n) is 5.94. The maximum atomic E-state index is 13.0. The predicted octanol–water partition coefficient (Wildman–Crippen LogP) is 3.43. The summed E-state index contributed by atoms with van der Waals surface area (Å²) < 4.78 is 56.1. The minimum Gasteiger partial charge on any atom is -0.593 e. The third kappa shape index (κ3) is 4.02. The lowest BCUT2D eigenvalue weighted by molar-refractivity contribution is -0.137. The summed E-state index contributed by atoms with van der Waals surface area (Å²) in [6.07, 6.45) is -3.02. The van der Waals surface area contributed by atoms with Gasteiger partial charge in [0.15, 0.2) is 4.90 Å². The zero-order valence-corrected chi connectivity index (χ0v) is 15.4. The van der Waals surface area contributed by atoms with Crippen LogP contribution in [0.1, 0.15) is 31.3 Å². The molecule has 0 bridgehead atoms. The Morgan fingerprint density at radius 2 is 2.04 bits per heavy atom. The quantitative estimate of drug-likeness (QED) is 0.644. The van der Waals surface area contributed by atoms with E-state index in [0.29, 0.717) is 34.1 Å². The van der Waals surface area contributed by atoms with Crippen molar-refractivity contribution >= 4 is 28.2 Å². The number of benzene rings is 1. The molecule has 3 aromatic rings. The van der Waals surface area contributed by atoms with Gasteiger partial charge in [-0.15, -0.1) is 4.72 Å². The Hall–Kier alpha value is -2.30. The number of hydrogen-bond donors (Lipinski definition) is 2. The molecule has 0 radical (unpaired) electrons. The number of rotatable bonds is 5. The second-order valence-corrected chi connectivity index (χ2v) is 7.19. The van der Waals surface area contributed by atoms with Crippen LogP contribution in [0.4, 0.5) is 19.0 Å². The van der Waals surface area contributed by atoms with Crippen LogP contribution in [0.2, 0.25) is 0 Å². The zero-order chi connectivity index (χ0) is 19.8. The van der Waals surface area contributed by atoms with Crippen molar-refractivity contribution in [3.05, 3.63) is 47.9 Å². The molecule has 6 nitrogen and oxygen atoms in total. The van der Waals surface area contributed by atoms with Gasteiger partial charge in [0.05, 0.1) is 34.2 Å². The fourth-order valence-electron chi connectivity index (χ4n) is 2.76. The minimum atomic E-state index is -4.43. The Balaban J connectivity index is 1.91. The average Bonchev–Trinajstić information content (AvgIpc) is 2.99. The molecule has 2 heterocycles. The lowest BCUT2D eigenvalue weighted by atomic mass is 10.2. The highest BCUT2D eigenvalue weighted by Gasteiger charge is 2.31. The molecule has 144 valence electrons. The Bertz CT molecular complexity index is 942. The van der Waals surface area contributed by atoms with E-state index in [2.05, 4.69) is 14.7 Å². The fourth-order valence-corrected chi connectivity index (χ4v) is 3.67. The van der Waals surface area contributed by atoms with Gasteiger partial charge in [0.2, 0.25) is 0 Å². The van der Waals surface area contributed by atoms with E-state index in [1.54, 1.807) is 23.6 Å². The van der Waals surface area contributed by atoms with Gasteiger partial charge in [0.1, 0.15) is 17.7 Å². The molecule has 0 spiro atoms. The number of aromatic nitrogens is 3. The molecule has 3 rings (SSSR count). The van der Waals surface area contributed by atoms with E-state index >= 15 is 0 Å². The van der Waals surface area contributed by atoms with E-state index < -0.39 is 29.1 Å². The molecule has 0 fully saturated rings. The summed E-state index contributed by atoms with van der Waals surface area (Å²) in [4.78, 5) is 8.77. The van der Waals surface area contributed by atoms with E-state index in [9.17, 15) is 17.7 Å². The van der Waals surface area contributed by atoms with Crippen molar-refractivity contribution in [1.82, 2.24) is 19.3 Å². The van der Waals surface area contributed by atoms with Crippen LogP contribution in [-0.4, -0.2) is 19.1 Å². The van der Waals surface area contributed by atoms with Crippen molar-refractivity contribution in [3.63, 3.8) is 0 Å². The summed E-state index contributed by atoms with van der Waals surface area (Å²) in [6.45, 7) is 3.99. The molecule has 1 unspecified atom stereocenters. The Morgan fingerprint density at radius 1 is 1.30 bits per heavy atom. The molecule has 0 aliphatic rings. The van der Waals surface area contributed by atoms with Gasteiger partial charge in [-0.3, -0.25) is 0 Å². The smallest absolute Gasteiger partial charge is 0.416 e. The topological polar surface area (TPSA) is 91.8 Å². The first kappa shape index (κ1) is 19.5. The summed E-state index contributed by atoms with van der Waals surface area (Å²) in [5.74, 6) is 0.820. The number of nitrogens with two attached hydrogens (primary N) is 1. The van der Waals surface area contributed by atoms with Gasteiger partial charge in [0, 0.05) is 12.6 Å². The average molecular weight is 397 g/mol. The number of nitrogen functional groups attached to an aromatic ring is 1. The number of nitrogens with one attached hydrogen (secondary N) is 1. The Morgan fingerprint density at radius 3 is 2.63 bits per heavy atom. The number of fused-ring (bicyclic) bond motifs is 1. The van der Waals surface area contributed by atoms with Crippen molar-refractivity contribution in [2.45, 2.75) is 37.5 Å². The summed E-state index contributed by atoms with van der Waals surface area (Å²) in [5.41, 5.74) is 5.63. The molecule has 2 atom stereocenters. The molecule has 0 saturated carbocycles. The van der Waals surface area contributed by atoms with E-state index in [1.165, 1.54) is 12.3 Å². The minimum absolute atomic E-state index is 0.317. The number of pyridine rings is 1. The standard InChI is InChI=1S/C17H18F3N5OS/c1-3-25-14-8-11(17(18,19)20)4-6-13(14)23-16(25)10(2)24-27(26)12-5-7-15(21)22-9-12/h4-10,24H,3H2,1-2H3,(H2,21,22)/t10-,27?/m1/s1. The van der Waals surface area contributed by atoms with Gasteiger partial charge in [-0.1, -0.05) is 0 Å². The molecule has 3 N–H and O–H groups in total. The van der Waals surface area contributed by atoms with Gasteiger partial charge in [-0.25, -0.2) is 9.97 Å². The number of halogens is 3. The van der Waals surface area contributed by atoms with Crippen LogP contribution < -0.4 is 10.5 Å². The van der Waals surface area contributed by atoms with E-state index in [1.807, 2.05) is 6.92 Å². The Kier molecular flexibility index (Phi) is 5.31. The van der Waals surface area contributed by atoms with E-state index in [-0.39, 0.29) is 0 Å². The third-order valence-corrected chi connectivity index (χ3v) is 5.30. The maximum Gasteiger partial charge on any atom is 0.416 e. The van der Waals surface area contributed by atoms with E-state index in [4.69, 9.17) is 5.73 Å². The van der Waals surface area contributed by atoms with Gasteiger partial charge in [-0.05, 0) is 38.1 Å². The fraction of sp³-hybridized carbons (Fsp3) is 0.294. The monoisotopic (exact) mass is 397 g/mol. The van der Waals surface area contributed by atoms with E-state index in [0.717, 1.165) is 12.1 Å². The third-order valence-electron chi connectivity index (χ3n) is 4.07. The number of alkyl halides is 3. The molecule has 10 heteroatoms. The molecular weight excluding hydrogens is 379 g/mol. The number of anilines is 1. The lowest BCUT2D eigenvalue weighted by Gasteiger charge is -2.17. The first-order chi connectivity index (χ1) is 12.7. The molecule has 2 aromatic heterocycles. The second kappa shape index (κ2) is 7.37. The van der Waals surface area contributed by atoms with Crippen molar-refractivity contribution in [2.24, 2.45) is 0 Å². The highest BCUT2D eigenvalue weighted by molar-refractivity contribution is 7.89. The summed E-state index contributed by atoms with van der Waals surface area (Å²) >= 11 is -1.57. The van der Waals surface area contributed by atoms with Crippen molar-refractivity contribution in [3.8, 4) is 0 Å². The van der Waals surface area contributed by atoms with Gasteiger partial charge < -0.3 is 14.9 Å². The number of nitrogens with zero attached hydrogens (tertiary/aromatic N) is 3. The Labute approximate surface area is 156 Å². The molecule has 0 amide bonds. The van der Waals surface area contributed by atoms with Crippen LogP contribution in [-0.2, 0) is 24.1 Å². The molecule has 1 aromatic carbocycles. The summed E-state index contributed by atoms with van der Waals surface area (Å²) in [5, 5.41) is 0. The highest BCUT2D eigenvalue weighted by atomic mass is 32.2. The van der Waals surface area contributed by atoms with Crippen LogP contribution in [0, 0.1) is 0 Å². The van der Waals surface area contributed by atoms with Crippen molar-refractivity contribution in [2.75, 3.05) is 5.73 Å². The number of hydrogen-bond acceptors (Lipinski definition) is 5. The van der Waals surface area contributed by atoms with Gasteiger partial charge in [0.25, 0.3) is 0 Å². The molecule has 0 aliphatic carbocycles. The first-order valence-corrected chi connectivity index (χ1v) is 9.32. The predicted molar refractivity (Wildman–Crippen MR) is 97.0 cm³/mol. The van der Waals surface area contributed by atoms with Gasteiger partial charge in [-0.2, -0.15) is 13.2 Å². The number of aryl methyl sites for hydroxylation is 1. The van der Waals surface area contributed by atoms with Gasteiger partial charge >= 0.3 is 6.18 Å². The van der Waals surface area contributed by atoms with Crippen molar-refractivity contribution in [1.29, 1.82) is 0 Å². The van der Waals surface area contributed by atoms with Crippen LogP contribution in [0.3, 0.4) is 0 Å². The molecular formula is C17H18F3N5OS. The lowest BCUT2D eigenvalue weighted by Crippen LogP contribution is -2.29. The molecule has 27 heavy (non-hydrogen) atoms. The van der Waals surface area contributed by atoms with Crippen LogP contribution in [0.15, 0.2) is 41.4 Å². The molecule has 0 aliphatic heterocycles.